The summed E-state index contributed by atoms with van der Waals surface area (Å²) in [6.07, 6.45) is 3.88. The summed E-state index contributed by atoms with van der Waals surface area (Å²) in [5.74, 6) is 1.36. The average molecular weight is 450 g/mol. The first-order valence-electron chi connectivity index (χ1n) is 11.6. The van der Waals surface area contributed by atoms with Gasteiger partial charge in [-0.25, -0.2) is 0 Å². The van der Waals surface area contributed by atoms with Crippen LogP contribution in [0.25, 0.3) is 11.3 Å². The van der Waals surface area contributed by atoms with Crippen molar-refractivity contribution >= 4 is 5.91 Å². The normalized spacial score (nSPS) is 15.1. The highest BCUT2D eigenvalue weighted by molar-refractivity contribution is 6.00. The number of phenolic OH excluding ortho intramolecular Hbond substituents is 1. The summed E-state index contributed by atoms with van der Waals surface area (Å²) >= 11 is 0. The second-order valence-electron chi connectivity index (χ2n) is 8.24. The summed E-state index contributed by atoms with van der Waals surface area (Å²) < 4.78 is 11.5. The van der Waals surface area contributed by atoms with Gasteiger partial charge in [0.2, 0.25) is 0 Å². The molecule has 2 heterocycles. The predicted octanol–water partition coefficient (Wildman–Crippen LogP) is 5.32. The molecule has 7 heteroatoms. The molecule has 0 fully saturated rings. The highest BCUT2D eigenvalue weighted by Crippen LogP contribution is 2.45. The Morgan fingerprint density at radius 2 is 1.88 bits per heavy atom. The summed E-state index contributed by atoms with van der Waals surface area (Å²) in [6, 6.07) is 12.5. The molecular formula is C26H31N3O4. The zero-order chi connectivity index (χ0) is 23.4. The van der Waals surface area contributed by atoms with E-state index in [9.17, 15) is 9.90 Å². The fourth-order valence-corrected chi connectivity index (χ4v) is 4.28. The molecule has 0 aliphatic carbocycles. The molecule has 4 rings (SSSR count). The van der Waals surface area contributed by atoms with Crippen molar-refractivity contribution in [1.82, 2.24) is 15.1 Å². The number of benzene rings is 2. The summed E-state index contributed by atoms with van der Waals surface area (Å²) in [7, 11) is 1.62. The Kier molecular flexibility index (Phi) is 6.87. The van der Waals surface area contributed by atoms with E-state index < -0.39 is 0 Å². The Labute approximate surface area is 194 Å². The van der Waals surface area contributed by atoms with Gasteiger partial charge in [-0.05, 0) is 42.7 Å². The number of hydrogen-bond donors (Lipinski definition) is 2. The molecule has 2 aromatic carbocycles. The smallest absolute Gasteiger partial charge is 0.273 e. The van der Waals surface area contributed by atoms with Crippen molar-refractivity contribution in [3.63, 3.8) is 0 Å². The number of amides is 1. The zero-order valence-corrected chi connectivity index (χ0v) is 19.4. The predicted molar refractivity (Wildman–Crippen MR) is 127 cm³/mol. The molecule has 7 nitrogen and oxygen atoms in total. The maximum atomic E-state index is 13.3. The number of para-hydroxylation sites is 1. The van der Waals surface area contributed by atoms with Gasteiger partial charge in [-0.15, -0.1) is 0 Å². The van der Waals surface area contributed by atoms with Crippen molar-refractivity contribution in [2.45, 2.75) is 45.6 Å². The first-order chi connectivity index (χ1) is 16.1. The van der Waals surface area contributed by atoms with Crippen molar-refractivity contribution in [2.75, 3.05) is 20.3 Å². The van der Waals surface area contributed by atoms with E-state index in [-0.39, 0.29) is 17.7 Å². The van der Waals surface area contributed by atoms with Gasteiger partial charge in [0.1, 0.15) is 17.1 Å². The Hall–Kier alpha value is -3.48. The lowest BCUT2D eigenvalue weighted by atomic mass is 9.95. The van der Waals surface area contributed by atoms with Crippen LogP contribution in [-0.4, -0.2) is 46.4 Å². The van der Waals surface area contributed by atoms with E-state index >= 15 is 0 Å². The maximum Gasteiger partial charge on any atom is 0.273 e. The van der Waals surface area contributed by atoms with E-state index in [2.05, 4.69) is 24.0 Å². The molecule has 1 amide bonds. The molecule has 1 aliphatic rings. The standard InChI is InChI=1S/C26H31N3O4/c1-4-6-14-29-25(17-12-13-20(21(16-17)32-3)33-15-7-5-2)22-23(27-28-24(22)26(29)31)18-10-8-9-11-19(18)30/h8-13,16,25,30H,4-7,14-15H2,1-3H3,(H,27,28)/t25-/m0/s1. The number of rotatable bonds is 10. The van der Waals surface area contributed by atoms with Crippen LogP contribution in [0.15, 0.2) is 42.5 Å². The number of fused-ring (bicyclic) bond motifs is 1. The van der Waals surface area contributed by atoms with Gasteiger partial charge in [-0.1, -0.05) is 44.9 Å². The Balaban J connectivity index is 1.80. The third kappa shape index (κ3) is 4.27. The van der Waals surface area contributed by atoms with Crippen LogP contribution in [0.1, 0.15) is 67.2 Å². The molecule has 2 N–H and O–H groups in total. The summed E-state index contributed by atoms with van der Waals surface area (Å²) in [5, 5.41) is 17.8. The largest absolute Gasteiger partial charge is 0.507 e. The van der Waals surface area contributed by atoms with Gasteiger partial charge in [-0.2, -0.15) is 5.10 Å². The number of H-pyrrole nitrogens is 1. The van der Waals surface area contributed by atoms with E-state index in [1.54, 1.807) is 19.2 Å². The van der Waals surface area contributed by atoms with Gasteiger partial charge in [0, 0.05) is 17.7 Å². The number of methoxy groups -OCH3 is 1. The van der Waals surface area contributed by atoms with Crippen molar-refractivity contribution in [1.29, 1.82) is 0 Å². The number of aromatic hydroxyl groups is 1. The van der Waals surface area contributed by atoms with Crippen molar-refractivity contribution < 1.29 is 19.4 Å². The summed E-state index contributed by atoms with van der Waals surface area (Å²) in [4.78, 5) is 15.2. The number of nitrogens with one attached hydrogen (secondary N) is 1. The molecule has 3 aromatic rings. The third-order valence-corrected chi connectivity index (χ3v) is 6.03. The molecule has 0 unspecified atom stereocenters. The average Bonchev–Trinajstić information content (AvgIpc) is 3.37. The lowest BCUT2D eigenvalue weighted by molar-refractivity contribution is 0.0741. The van der Waals surface area contributed by atoms with Crippen LogP contribution in [0, 0.1) is 0 Å². The van der Waals surface area contributed by atoms with Crippen molar-refractivity contribution in [3.05, 3.63) is 59.3 Å². The molecule has 1 aromatic heterocycles. The molecule has 174 valence electrons. The quantitative estimate of drug-likeness (QED) is 0.409. The molecule has 0 saturated carbocycles. The van der Waals surface area contributed by atoms with E-state index in [1.807, 2.05) is 35.2 Å². The van der Waals surface area contributed by atoms with E-state index in [4.69, 9.17) is 9.47 Å². The van der Waals surface area contributed by atoms with E-state index in [1.165, 1.54) is 0 Å². The Morgan fingerprint density at radius 3 is 2.61 bits per heavy atom. The van der Waals surface area contributed by atoms with Crippen LogP contribution in [0.3, 0.4) is 0 Å². The number of aromatic nitrogens is 2. The number of nitrogens with zero attached hydrogens (tertiary/aromatic N) is 2. The zero-order valence-electron chi connectivity index (χ0n) is 19.4. The Bertz CT molecular complexity index is 1120. The van der Waals surface area contributed by atoms with Crippen LogP contribution in [0.2, 0.25) is 0 Å². The van der Waals surface area contributed by atoms with Gasteiger partial charge in [-0.3, -0.25) is 9.89 Å². The van der Waals surface area contributed by atoms with Gasteiger partial charge in [0.05, 0.1) is 19.8 Å². The molecule has 0 spiro atoms. The van der Waals surface area contributed by atoms with Crippen LogP contribution in [-0.2, 0) is 0 Å². The fraction of sp³-hybridized carbons (Fsp3) is 0.385. The minimum Gasteiger partial charge on any atom is -0.507 e. The number of unbranched alkanes of at least 4 members (excludes halogenated alkanes) is 2. The highest BCUT2D eigenvalue weighted by Gasteiger charge is 2.42. The van der Waals surface area contributed by atoms with Crippen LogP contribution in [0.4, 0.5) is 0 Å². The lowest BCUT2D eigenvalue weighted by Gasteiger charge is -2.27. The van der Waals surface area contributed by atoms with E-state index in [0.717, 1.165) is 36.8 Å². The molecule has 1 atom stereocenters. The minimum atomic E-state index is -0.342. The van der Waals surface area contributed by atoms with Gasteiger partial charge >= 0.3 is 0 Å². The monoisotopic (exact) mass is 449 g/mol. The molecule has 33 heavy (non-hydrogen) atoms. The second kappa shape index (κ2) is 9.98. The molecule has 0 saturated heterocycles. The van der Waals surface area contributed by atoms with Crippen molar-refractivity contribution in [3.8, 4) is 28.5 Å². The van der Waals surface area contributed by atoms with E-state index in [0.29, 0.717) is 41.6 Å². The van der Waals surface area contributed by atoms with Gasteiger partial charge < -0.3 is 19.5 Å². The van der Waals surface area contributed by atoms with Crippen molar-refractivity contribution in [2.24, 2.45) is 0 Å². The highest BCUT2D eigenvalue weighted by atomic mass is 16.5. The van der Waals surface area contributed by atoms with Crippen LogP contribution >= 0.6 is 0 Å². The fourth-order valence-electron chi connectivity index (χ4n) is 4.28. The number of phenols is 1. The number of carbonyl (C=O) groups excluding carboxylic acids is 1. The summed E-state index contributed by atoms with van der Waals surface area (Å²) in [6.45, 7) is 5.48. The van der Waals surface area contributed by atoms with Gasteiger partial charge in [0.15, 0.2) is 11.5 Å². The second-order valence-corrected chi connectivity index (χ2v) is 8.24. The number of carbonyl (C=O) groups is 1. The molecule has 0 bridgehead atoms. The first kappa shape index (κ1) is 22.7. The Morgan fingerprint density at radius 1 is 1.09 bits per heavy atom. The number of ether oxygens (including phenoxy) is 2. The SMILES string of the molecule is CCCCOc1ccc([C@H]2c3c(-c4ccccc4O)n[nH]c3C(=O)N2CCCC)cc1OC. The first-order valence-corrected chi connectivity index (χ1v) is 11.6. The third-order valence-electron chi connectivity index (χ3n) is 6.03. The maximum absolute atomic E-state index is 13.3. The molecular weight excluding hydrogens is 418 g/mol. The molecule has 0 radical (unpaired) electrons. The molecule has 1 aliphatic heterocycles. The van der Waals surface area contributed by atoms with Crippen LogP contribution < -0.4 is 9.47 Å². The number of aromatic amines is 1. The van der Waals surface area contributed by atoms with Crippen LogP contribution in [0.5, 0.6) is 17.2 Å². The topological polar surface area (TPSA) is 87.7 Å². The lowest BCUT2D eigenvalue weighted by Crippen LogP contribution is -2.30. The number of hydrogen-bond acceptors (Lipinski definition) is 5. The summed E-state index contributed by atoms with van der Waals surface area (Å²) in [5.41, 5.74) is 3.34. The minimum absolute atomic E-state index is 0.0835. The van der Waals surface area contributed by atoms with Gasteiger partial charge in [0.25, 0.3) is 5.91 Å².